The Morgan fingerprint density at radius 3 is 2.12 bits per heavy atom. The third kappa shape index (κ3) is 1.94. The van der Waals surface area contributed by atoms with Crippen molar-refractivity contribution in [1.29, 1.82) is 0 Å². The van der Waals surface area contributed by atoms with Crippen LogP contribution in [0.5, 0.6) is 0 Å². The van der Waals surface area contributed by atoms with Crippen LogP contribution < -0.4 is 5.73 Å². The molecule has 0 fully saturated rings. The van der Waals surface area contributed by atoms with Gasteiger partial charge in [-0.15, -0.1) is 0 Å². The van der Waals surface area contributed by atoms with Crippen molar-refractivity contribution in [2.45, 2.75) is 20.8 Å². The zero-order valence-corrected chi connectivity index (χ0v) is 10.0. The molecule has 0 aliphatic heterocycles. The normalized spacial score (nSPS) is 10.4. The first-order valence-electron chi connectivity index (χ1n) is 5.51. The Morgan fingerprint density at radius 1 is 0.750 bits per heavy atom. The summed E-state index contributed by atoms with van der Waals surface area (Å²) in [5, 5.41) is 0. The van der Waals surface area contributed by atoms with Crippen molar-refractivity contribution in [3.05, 3.63) is 53.1 Å². The summed E-state index contributed by atoms with van der Waals surface area (Å²) in [4.78, 5) is 0. The van der Waals surface area contributed by atoms with E-state index in [0.717, 1.165) is 5.69 Å². The molecule has 1 heteroatoms. The van der Waals surface area contributed by atoms with Gasteiger partial charge in [-0.2, -0.15) is 0 Å². The minimum atomic E-state index is 0.824. The van der Waals surface area contributed by atoms with Gasteiger partial charge < -0.3 is 5.73 Å². The number of nitrogens with two attached hydrogens (primary N) is 1. The van der Waals surface area contributed by atoms with Crippen LogP contribution >= 0.6 is 0 Å². The van der Waals surface area contributed by atoms with E-state index < -0.39 is 0 Å². The molecule has 2 rings (SSSR count). The second-order valence-electron chi connectivity index (χ2n) is 4.37. The number of anilines is 1. The van der Waals surface area contributed by atoms with Crippen LogP contribution in [0.25, 0.3) is 11.1 Å². The van der Waals surface area contributed by atoms with E-state index in [1.165, 1.54) is 27.8 Å². The molecule has 0 aliphatic rings. The minimum Gasteiger partial charge on any atom is -0.399 e. The number of aryl methyl sites for hydroxylation is 3. The molecule has 0 spiro atoms. The zero-order valence-electron chi connectivity index (χ0n) is 10.0. The number of hydrogen-bond donors (Lipinski definition) is 1. The molecular formula is C15H17N. The van der Waals surface area contributed by atoms with Gasteiger partial charge in [0.15, 0.2) is 0 Å². The maximum atomic E-state index is 5.76. The highest BCUT2D eigenvalue weighted by atomic mass is 14.5. The summed E-state index contributed by atoms with van der Waals surface area (Å²) < 4.78 is 0. The summed E-state index contributed by atoms with van der Waals surface area (Å²) in [6.45, 7) is 6.38. The fourth-order valence-corrected chi connectivity index (χ4v) is 1.92. The van der Waals surface area contributed by atoms with Gasteiger partial charge in [0.05, 0.1) is 0 Å². The highest BCUT2D eigenvalue weighted by Crippen LogP contribution is 2.26. The van der Waals surface area contributed by atoms with Gasteiger partial charge in [0.1, 0.15) is 0 Å². The molecule has 0 saturated carbocycles. The standard InChI is InChI=1S/C15H17N/c1-10-4-5-13(8-11(10)2)15-7-6-14(16)9-12(15)3/h4-9H,16H2,1-3H3. The summed E-state index contributed by atoms with van der Waals surface area (Å²) >= 11 is 0. The summed E-state index contributed by atoms with van der Waals surface area (Å²) in [5.74, 6) is 0. The van der Waals surface area contributed by atoms with Crippen molar-refractivity contribution in [3.63, 3.8) is 0 Å². The molecule has 0 radical (unpaired) electrons. The Kier molecular flexibility index (Phi) is 2.69. The quantitative estimate of drug-likeness (QED) is 0.712. The molecule has 0 amide bonds. The molecule has 16 heavy (non-hydrogen) atoms. The number of rotatable bonds is 1. The fourth-order valence-electron chi connectivity index (χ4n) is 1.92. The van der Waals surface area contributed by atoms with Gasteiger partial charge in [-0.25, -0.2) is 0 Å². The predicted octanol–water partition coefficient (Wildman–Crippen LogP) is 3.86. The van der Waals surface area contributed by atoms with Crippen LogP contribution in [0.1, 0.15) is 16.7 Å². The largest absolute Gasteiger partial charge is 0.399 e. The van der Waals surface area contributed by atoms with Crippen molar-refractivity contribution >= 4 is 5.69 Å². The summed E-state index contributed by atoms with van der Waals surface area (Å²) in [6.07, 6.45) is 0. The average Bonchev–Trinajstić information content (AvgIpc) is 2.22. The first kappa shape index (κ1) is 10.7. The van der Waals surface area contributed by atoms with Gasteiger partial charge in [-0.05, 0) is 60.7 Å². The lowest BCUT2D eigenvalue weighted by molar-refractivity contribution is 1.33. The maximum Gasteiger partial charge on any atom is 0.0317 e. The summed E-state index contributed by atoms with van der Waals surface area (Å²) in [6, 6.07) is 12.6. The number of nitrogen functional groups attached to an aromatic ring is 1. The van der Waals surface area contributed by atoms with Crippen LogP contribution in [-0.4, -0.2) is 0 Å². The lowest BCUT2D eigenvalue weighted by atomic mass is 9.97. The number of hydrogen-bond acceptors (Lipinski definition) is 1. The van der Waals surface area contributed by atoms with Gasteiger partial charge in [0, 0.05) is 5.69 Å². The van der Waals surface area contributed by atoms with Crippen molar-refractivity contribution in [3.8, 4) is 11.1 Å². The first-order chi connectivity index (χ1) is 7.58. The van der Waals surface area contributed by atoms with Gasteiger partial charge >= 0.3 is 0 Å². The van der Waals surface area contributed by atoms with Crippen LogP contribution in [0, 0.1) is 20.8 Å². The minimum absolute atomic E-state index is 0.824. The van der Waals surface area contributed by atoms with Crippen LogP contribution in [0.2, 0.25) is 0 Å². The predicted molar refractivity (Wildman–Crippen MR) is 70.5 cm³/mol. The van der Waals surface area contributed by atoms with Gasteiger partial charge in [0.2, 0.25) is 0 Å². The van der Waals surface area contributed by atoms with Crippen molar-refractivity contribution in [2.75, 3.05) is 5.73 Å². The highest BCUT2D eigenvalue weighted by Gasteiger charge is 2.03. The Morgan fingerprint density at radius 2 is 1.50 bits per heavy atom. The van der Waals surface area contributed by atoms with Gasteiger partial charge in [-0.3, -0.25) is 0 Å². The first-order valence-corrected chi connectivity index (χ1v) is 5.51. The van der Waals surface area contributed by atoms with E-state index in [4.69, 9.17) is 5.73 Å². The molecule has 0 saturated heterocycles. The van der Waals surface area contributed by atoms with Crippen molar-refractivity contribution < 1.29 is 0 Å². The molecular weight excluding hydrogens is 194 g/mol. The molecule has 2 aromatic rings. The van der Waals surface area contributed by atoms with Crippen molar-refractivity contribution in [2.24, 2.45) is 0 Å². The van der Waals surface area contributed by atoms with E-state index in [9.17, 15) is 0 Å². The molecule has 2 aromatic carbocycles. The molecule has 0 bridgehead atoms. The lowest BCUT2D eigenvalue weighted by Gasteiger charge is -2.09. The van der Waals surface area contributed by atoms with E-state index in [2.05, 4.69) is 45.0 Å². The molecule has 0 heterocycles. The molecule has 0 aliphatic carbocycles. The summed E-state index contributed by atoms with van der Waals surface area (Å²) in [5.41, 5.74) is 13.0. The maximum absolute atomic E-state index is 5.76. The second-order valence-corrected chi connectivity index (χ2v) is 4.37. The third-order valence-corrected chi connectivity index (χ3v) is 3.07. The Labute approximate surface area is 96.9 Å². The highest BCUT2D eigenvalue weighted by molar-refractivity contribution is 5.70. The zero-order chi connectivity index (χ0) is 11.7. The molecule has 82 valence electrons. The topological polar surface area (TPSA) is 26.0 Å². The van der Waals surface area contributed by atoms with Gasteiger partial charge in [0.25, 0.3) is 0 Å². The Bertz CT molecular complexity index is 527. The van der Waals surface area contributed by atoms with Crippen LogP contribution in [0.4, 0.5) is 5.69 Å². The molecule has 0 aromatic heterocycles. The Balaban J connectivity index is 2.54. The van der Waals surface area contributed by atoms with Crippen molar-refractivity contribution in [1.82, 2.24) is 0 Å². The molecule has 0 atom stereocenters. The monoisotopic (exact) mass is 211 g/mol. The summed E-state index contributed by atoms with van der Waals surface area (Å²) in [7, 11) is 0. The number of benzene rings is 2. The SMILES string of the molecule is Cc1ccc(-c2ccc(N)cc2C)cc1C. The van der Waals surface area contributed by atoms with Crippen LogP contribution in [0.15, 0.2) is 36.4 Å². The lowest BCUT2D eigenvalue weighted by Crippen LogP contribution is -1.89. The van der Waals surface area contributed by atoms with Gasteiger partial charge in [-0.1, -0.05) is 24.3 Å². The van der Waals surface area contributed by atoms with E-state index in [1.807, 2.05) is 12.1 Å². The Hall–Kier alpha value is -1.76. The fraction of sp³-hybridized carbons (Fsp3) is 0.200. The van der Waals surface area contributed by atoms with E-state index in [0.29, 0.717) is 0 Å². The van der Waals surface area contributed by atoms with E-state index in [1.54, 1.807) is 0 Å². The van der Waals surface area contributed by atoms with E-state index in [-0.39, 0.29) is 0 Å². The molecule has 2 N–H and O–H groups in total. The average molecular weight is 211 g/mol. The third-order valence-electron chi connectivity index (χ3n) is 3.07. The molecule has 1 nitrogen and oxygen atoms in total. The van der Waals surface area contributed by atoms with Crippen LogP contribution in [0.3, 0.4) is 0 Å². The smallest absolute Gasteiger partial charge is 0.0317 e. The van der Waals surface area contributed by atoms with Crippen LogP contribution in [-0.2, 0) is 0 Å². The van der Waals surface area contributed by atoms with E-state index >= 15 is 0 Å². The second kappa shape index (κ2) is 4.01. The molecule has 0 unspecified atom stereocenters.